The smallest absolute Gasteiger partial charge is 0.235 e. The molecule has 2 fully saturated rings. The van der Waals surface area contributed by atoms with Gasteiger partial charge in [0.25, 0.3) is 0 Å². The molecule has 0 amide bonds. The lowest BCUT2D eigenvalue weighted by atomic mass is 9.89. The Labute approximate surface area is 127 Å². The number of rotatable bonds is 5. The zero-order valence-electron chi connectivity index (χ0n) is 11.4. The van der Waals surface area contributed by atoms with Crippen LogP contribution in [-0.2, 0) is 10.3 Å². The number of benzene rings is 1. The summed E-state index contributed by atoms with van der Waals surface area (Å²) in [5, 5.41) is 0. The molecule has 4 heteroatoms. The fraction of sp³-hybridized carbons (Fsp3) is 0.562. The van der Waals surface area contributed by atoms with Gasteiger partial charge in [-0.25, -0.2) is 4.79 Å². The van der Waals surface area contributed by atoms with E-state index in [1.54, 1.807) is 6.08 Å². The Morgan fingerprint density at radius 2 is 2.05 bits per heavy atom. The largest absolute Gasteiger partial charge is 0.493 e. The fourth-order valence-corrected chi connectivity index (χ4v) is 3.40. The highest BCUT2D eigenvalue weighted by Gasteiger charge is 2.36. The van der Waals surface area contributed by atoms with Gasteiger partial charge in [-0.3, -0.25) is 0 Å². The SMILES string of the molecule is O=C=NC1(c2cc(Br)cc(OCC3CC3)c2)CCCC1. The number of aliphatic imine (C=N–C) groups is 1. The number of halogens is 1. The second kappa shape index (κ2) is 5.71. The van der Waals surface area contributed by atoms with Crippen molar-refractivity contribution in [3.63, 3.8) is 0 Å². The second-order valence-electron chi connectivity index (χ2n) is 5.87. The van der Waals surface area contributed by atoms with Crippen LogP contribution in [0.5, 0.6) is 5.75 Å². The average Bonchev–Trinajstić information content (AvgIpc) is 3.14. The molecule has 0 unspecified atom stereocenters. The van der Waals surface area contributed by atoms with Gasteiger partial charge in [-0.1, -0.05) is 28.8 Å². The number of isocyanates is 1. The van der Waals surface area contributed by atoms with E-state index in [0.717, 1.165) is 54.0 Å². The van der Waals surface area contributed by atoms with Gasteiger partial charge in [0.2, 0.25) is 6.08 Å². The lowest BCUT2D eigenvalue weighted by molar-refractivity contribution is 0.298. The highest BCUT2D eigenvalue weighted by molar-refractivity contribution is 9.10. The summed E-state index contributed by atoms with van der Waals surface area (Å²) in [7, 11) is 0. The van der Waals surface area contributed by atoms with E-state index in [0.29, 0.717) is 0 Å². The Bertz CT molecular complexity index is 541. The monoisotopic (exact) mass is 335 g/mol. The lowest BCUT2D eigenvalue weighted by Gasteiger charge is -2.23. The van der Waals surface area contributed by atoms with Crippen LogP contribution in [0, 0.1) is 5.92 Å². The predicted molar refractivity (Wildman–Crippen MR) is 80.6 cm³/mol. The van der Waals surface area contributed by atoms with E-state index < -0.39 is 0 Å². The lowest BCUT2D eigenvalue weighted by Crippen LogP contribution is -2.19. The van der Waals surface area contributed by atoms with Gasteiger partial charge in [0.15, 0.2) is 0 Å². The zero-order valence-corrected chi connectivity index (χ0v) is 13.0. The van der Waals surface area contributed by atoms with Gasteiger partial charge in [-0.15, -0.1) is 0 Å². The molecule has 1 aromatic carbocycles. The molecule has 2 aliphatic rings. The van der Waals surface area contributed by atoms with Gasteiger partial charge in [-0.2, -0.15) is 4.99 Å². The minimum Gasteiger partial charge on any atom is -0.493 e. The molecule has 2 saturated carbocycles. The van der Waals surface area contributed by atoms with Gasteiger partial charge in [-0.05, 0) is 55.4 Å². The number of nitrogens with zero attached hydrogens (tertiary/aromatic N) is 1. The third kappa shape index (κ3) is 2.97. The third-order valence-corrected chi connectivity index (χ3v) is 4.74. The van der Waals surface area contributed by atoms with Crippen LogP contribution < -0.4 is 4.74 Å². The molecular weight excluding hydrogens is 318 g/mol. The van der Waals surface area contributed by atoms with Gasteiger partial charge < -0.3 is 4.74 Å². The summed E-state index contributed by atoms with van der Waals surface area (Å²) in [5.41, 5.74) is 0.682. The summed E-state index contributed by atoms with van der Waals surface area (Å²) in [5.74, 6) is 1.60. The molecule has 3 nitrogen and oxygen atoms in total. The molecule has 0 saturated heterocycles. The summed E-state index contributed by atoms with van der Waals surface area (Å²) in [6.45, 7) is 0.792. The third-order valence-electron chi connectivity index (χ3n) is 4.28. The van der Waals surface area contributed by atoms with Crippen molar-refractivity contribution >= 4 is 22.0 Å². The molecular formula is C16H18BrNO2. The van der Waals surface area contributed by atoms with Gasteiger partial charge in [0, 0.05) is 4.47 Å². The van der Waals surface area contributed by atoms with E-state index in [1.165, 1.54) is 12.8 Å². The van der Waals surface area contributed by atoms with Crippen LogP contribution in [0.2, 0.25) is 0 Å². The average molecular weight is 336 g/mol. The molecule has 1 aromatic rings. The molecule has 0 spiro atoms. The van der Waals surface area contributed by atoms with Crippen molar-refractivity contribution in [2.45, 2.75) is 44.1 Å². The minimum absolute atomic E-state index is 0.386. The summed E-state index contributed by atoms with van der Waals surface area (Å²) in [6.07, 6.45) is 8.37. The van der Waals surface area contributed by atoms with Gasteiger partial charge >= 0.3 is 0 Å². The van der Waals surface area contributed by atoms with E-state index in [4.69, 9.17) is 4.74 Å². The van der Waals surface area contributed by atoms with Crippen LogP contribution in [0.25, 0.3) is 0 Å². The number of hydrogen-bond acceptors (Lipinski definition) is 3. The van der Waals surface area contributed by atoms with Crippen molar-refractivity contribution in [3.05, 3.63) is 28.2 Å². The Morgan fingerprint density at radius 3 is 2.70 bits per heavy atom. The Balaban J connectivity index is 1.88. The molecule has 0 N–H and O–H groups in total. The first-order valence-electron chi connectivity index (χ1n) is 7.25. The number of ether oxygens (including phenoxy) is 1. The van der Waals surface area contributed by atoms with Crippen LogP contribution in [0.1, 0.15) is 44.1 Å². The molecule has 3 rings (SSSR count). The van der Waals surface area contributed by atoms with E-state index in [9.17, 15) is 4.79 Å². The first kappa shape index (κ1) is 13.8. The van der Waals surface area contributed by atoms with Crippen molar-refractivity contribution in [2.75, 3.05) is 6.61 Å². The summed E-state index contributed by atoms with van der Waals surface area (Å²) < 4.78 is 6.84. The maximum atomic E-state index is 10.8. The van der Waals surface area contributed by atoms with Crippen LogP contribution in [0.15, 0.2) is 27.7 Å². The zero-order chi connectivity index (χ0) is 14.0. The molecule has 0 atom stereocenters. The molecule has 106 valence electrons. The molecule has 0 bridgehead atoms. The summed E-state index contributed by atoms with van der Waals surface area (Å²) in [4.78, 5) is 14.9. The fourth-order valence-electron chi connectivity index (χ4n) is 2.93. The Morgan fingerprint density at radius 1 is 1.30 bits per heavy atom. The van der Waals surface area contributed by atoms with Crippen LogP contribution >= 0.6 is 15.9 Å². The Kier molecular flexibility index (Phi) is 3.95. The number of hydrogen-bond donors (Lipinski definition) is 0. The normalized spacial score (nSPS) is 20.4. The molecule has 2 aliphatic carbocycles. The van der Waals surface area contributed by atoms with Crippen molar-refractivity contribution in [1.82, 2.24) is 0 Å². The maximum Gasteiger partial charge on any atom is 0.235 e. The first-order chi connectivity index (χ1) is 9.72. The summed E-state index contributed by atoms with van der Waals surface area (Å²) >= 11 is 3.54. The maximum absolute atomic E-state index is 10.8. The van der Waals surface area contributed by atoms with Crippen molar-refractivity contribution < 1.29 is 9.53 Å². The Hall–Kier alpha value is -1.12. The van der Waals surface area contributed by atoms with Gasteiger partial charge in [0.05, 0.1) is 12.1 Å². The quantitative estimate of drug-likeness (QED) is 0.592. The minimum atomic E-state index is -0.386. The van der Waals surface area contributed by atoms with Crippen molar-refractivity contribution in [1.29, 1.82) is 0 Å². The highest BCUT2D eigenvalue weighted by Crippen LogP contribution is 2.44. The van der Waals surface area contributed by atoms with Crippen molar-refractivity contribution in [2.24, 2.45) is 10.9 Å². The van der Waals surface area contributed by atoms with Crippen molar-refractivity contribution in [3.8, 4) is 5.75 Å². The summed E-state index contributed by atoms with van der Waals surface area (Å²) in [6, 6.07) is 6.08. The molecule has 0 aliphatic heterocycles. The predicted octanol–water partition coefficient (Wildman–Crippen LogP) is 4.34. The molecule has 20 heavy (non-hydrogen) atoms. The molecule has 0 aromatic heterocycles. The van der Waals surface area contributed by atoms with Gasteiger partial charge in [0.1, 0.15) is 5.75 Å². The molecule has 0 heterocycles. The van der Waals surface area contributed by atoms with Crippen LogP contribution in [-0.4, -0.2) is 12.7 Å². The molecule has 0 radical (unpaired) electrons. The standard InChI is InChI=1S/C16H18BrNO2/c17-14-7-13(16(18-11-19)5-1-2-6-16)8-15(9-14)20-10-12-3-4-12/h7-9,12H,1-6,10H2. The first-order valence-corrected chi connectivity index (χ1v) is 8.04. The van der Waals surface area contributed by atoms with E-state index in [2.05, 4.69) is 27.0 Å². The highest BCUT2D eigenvalue weighted by atomic mass is 79.9. The number of carbonyl (C=O) groups excluding carboxylic acids is 1. The van der Waals surface area contributed by atoms with E-state index in [1.807, 2.05) is 12.1 Å². The second-order valence-corrected chi connectivity index (χ2v) is 6.79. The van der Waals surface area contributed by atoms with Crippen LogP contribution in [0.3, 0.4) is 0 Å². The van der Waals surface area contributed by atoms with Crippen LogP contribution in [0.4, 0.5) is 0 Å². The topological polar surface area (TPSA) is 38.7 Å². The van der Waals surface area contributed by atoms with E-state index >= 15 is 0 Å². The van der Waals surface area contributed by atoms with E-state index in [-0.39, 0.29) is 5.54 Å².